The van der Waals surface area contributed by atoms with E-state index in [-0.39, 0.29) is 5.82 Å². The van der Waals surface area contributed by atoms with Crippen LogP contribution in [-0.2, 0) is 6.18 Å². The lowest BCUT2D eigenvalue weighted by Crippen LogP contribution is -2.14. The topological polar surface area (TPSA) is 37.8 Å². The maximum atomic E-state index is 12.5. The van der Waals surface area contributed by atoms with Crippen molar-refractivity contribution in [3.63, 3.8) is 0 Å². The number of alkyl halides is 3. The van der Waals surface area contributed by atoms with Gasteiger partial charge >= 0.3 is 6.18 Å². The number of rotatable bonds is 5. The molecule has 0 radical (unpaired) electrons. The van der Waals surface area contributed by atoms with Crippen LogP contribution in [0.25, 0.3) is 0 Å². The Morgan fingerprint density at radius 3 is 2.53 bits per heavy atom. The first kappa shape index (κ1) is 14.1. The molecule has 0 aromatic carbocycles. The third kappa shape index (κ3) is 4.41. The SMILES string of the molecule is CCCNc1cc(SCC)nc(C(F)(F)F)n1. The van der Waals surface area contributed by atoms with E-state index >= 15 is 0 Å². The second-order valence-corrected chi connectivity index (χ2v) is 4.56. The Morgan fingerprint density at radius 2 is 2.00 bits per heavy atom. The second-order valence-electron chi connectivity index (χ2n) is 3.27. The summed E-state index contributed by atoms with van der Waals surface area (Å²) in [6, 6.07) is 1.54. The third-order valence-electron chi connectivity index (χ3n) is 1.80. The molecule has 0 fully saturated rings. The third-order valence-corrected chi connectivity index (χ3v) is 2.60. The monoisotopic (exact) mass is 265 g/mol. The molecule has 7 heteroatoms. The summed E-state index contributed by atoms with van der Waals surface area (Å²) in [6.07, 6.45) is -3.69. The maximum Gasteiger partial charge on any atom is 0.451 e. The summed E-state index contributed by atoms with van der Waals surface area (Å²) in [5.74, 6) is -0.193. The molecule has 0 aliphatic heterocycles. The van der Waals surface area contributed by atoms with Gasteiger partial charge in [-0.05, 0) is 12.2 Å². The lowest BCUT2D eigenvalue weighted by Gasteiger charge is -2.10. The van der Waals surface area contributed by atoms with Crippen molar-refractivity contribution in [3.8, 4) is 0 Å². The smallest absolute Gasteiger partial charge is 0.370 e. The van der Waals surface area contributed by atoms with Gasteiger partial charge < -0.3 is 5.32 Å². The average molecular weight is 265 g/mol. The van der Waals surface area contributed by atoms with Crippen molar-refractivity contribution in [1.29, 1.82) is 0 Å². The highest BCUT2D eigenvalue weighted by atomic mass is 32.2. The Balaban J connectivity index is 3.01. The fourth-order valence-electron chi connectivity index (χ4n) is 1.12. The molecule has 0 atom stereocenters. The van der Waals surface area contributed by atoms with Crippen LogP contribution in [0.2, 0.25) is 0 Å². The van der Waals surface area contributed by atoms with E-state index < -0.39 is 12.0 Å². The molecule has 17 heavy (non-hydrogen) atoms. The predicted octanol–water partition coefficient (Wildman–Crippen LogP) is 3.43. The number of hydrogen-bond donors (Lipinski definition) is 1. The molecule has 1 rings (SSSR count). The number of nitrogens with one attached hydrogen (secondary N) is 1. The molecule has 1 aromatic heterocycles. The Bertz CT molecular complexity index is 368. The number of thioether (sulfide) groups is 1. The quantitative estimate of drug-likeness (QED) is 0.654. The van der Waals surface area contributed by atoms with Crippen molar-refractivity contribution in [2.24, 2.45) is 0 Å². The summed E-state index contributed by atoms with van der Waals surface area (Å²) in [4.78, 5) is 6.95. The van der Waals surface area contributed by atoms with E-state index in [9.17, 15) is 13.2 Å². The van der Waals surface area contributed by atoms with Gasteiger partial charge in [-0.15, -0.1) is 11.8 Å². The molecular weight excluding hydrogens is 251 g/mol. The van der Waals surface area contributed by atoms with Crippen molar-refractivity contribution in [3.05, 3.63) is 11.9 Å². The van der Waals surface area contributed by atoms with E-state index in [1.807, 2.05) is 13.8 Å². The fourth-order valence-corrected chi connectivity index (χ4v) is 1.76. The van der Waals surface area contributed by atoms with Crippen LogP contribution in [0.5, 0.6) is 0 Å². The van der Waals surface area contributed by atoms with Crippen LogP contribution in [0.3, 0.4) is 0 Å². The van der Waals surface area contributed by atoms with Crippen LogP contribution < -0.4 is 5.32 Å². The number of aromatic nitrogens is 2. The van der Waals surface area contributed by atoms with Crippen LogP contribution in [0.15, 0.2) is 11.1 Å². The fraction of sp³-hybridized carbons (Fsp3) is 0.600. The molecule has 0 aliphatic rings. The second kappa shape index (κ2) is 6.09. The summed E-state index contributed by atoms with van der Waals surface area (Å²) in [5, 5.41) is 3.18. The first-order valence-corrected chi connectivity index (χ1v) is 6.28. The van der Waals surface area contributed by atoms with Crippen molar-refractivity contribution in [2.75, 3.05) is 17.6 Å². The number of nitrogens with zero attached hydrogens (tertiary/aromatic N) is 2. The van der Waals surface area contributed by atoms with E-state index in [4.69, 9.17) is 0 Å². The minimum absolute atomic E-state index is 0.227. The van der Waals surface area contributed by atoms with Gasteiger partial charge in [0.15, 0.2) is 0 Å². The van der Waals surface area contributed by atoms with E-state index in [2.05, 4.69) is 15.3 Å². The largest absolute Gasteiger partial charge is 0.451 e. The zero-order valence-electron chi connectivity index (χ0n) is 9.64. The minimum atomic E-state index is -4.51. The van der Waals surface area contributed by atoms with Gasteiger partial charge in [-0.25, -0.2) is 9.97 Å². The Morgan fingerprint density at radius 1 is 1.29 bits per heavy atom. The lowest BCUT2D eigenvalue weighted by atomic mass is 10.4. The Labute approximate surface area is 102 Å². The summed E-state index contributed by atoms with van der Waals surface area (Å²) >= 11 is 1.26. The molecule has 1 N–H and O–H groups in total. The standard InChI is InChI=1S/C10H14F3N3S/c1-3-5-14-7-6-8(17-4-2)16-9(15-7)10(11,12)13/h6H,3-5H2,1-2H3,(H,14,15,16). The predicted molar refractivity (Wildman–Crippen MR) is 62.2 cm³/mol. The Kier molecular flexibility index (Phi) is 5.04. The molecule has 0 spiro atoms. The lowest BCUT2D eigenvalue weighted by molar-refractivity contribution is -0.145. The summed E-state index contributed by atoms with van der Waals surface area (Å²) in [7, 11) is 0. The van der Waals surface area contributed by atoms with Crippen LogP contribution in [0.4, 0.5) is 19.0 Å². The first-order chi connectivity index (χ1) is 7.97. The van der Waals surface area contributed by atoms with E-state index in [1.54, 1.807) is 6.07 Å². The molecule has 1 aromatic rings. The normalized spacial score (nSPS) is 11.6. The van der Waals surface area contributed by atoms with Crippen molar-refractivity contribution >= 4 is 17.6 Å². The number of hydrogen-bond acceptors (Lipinski definition) is 4. The maximum absolute atomic E-state index is 12.5. The van der Waals surface area contributed by atoms with E-state index in [0.717, 1.165) is 6.42 Å². The summed E-state index contributed by atoms with van der Waals surface area (Å²) in [6.45, 7) is 4.38. The zero-order chi connectivity index (χ0) is 12.9. The highest BCUT2D eigenvalue weighted by Gasteiger charge is 2.35. The van der Waals surface area contributed by atoms with Gasteiger partial charge in [-0.2, -0.15) is 13.2 Å². The van der Waals surface area contributed by atoms with Crippen molar-refractivity contribution < 1.29 is 13.2 Å². The molecule has 0 saturated heterocycles. The van der Waals surface area contributed by atoms with Crippen LogP contribution >= 0.6 is 11.8 Å². The van der Waals surface area contributed by atoms with Gasteiger partial charge in [-0.1, -0.05) is 13.8 Å². The van der Waals surface area contributed by atoms with Gasteiger partial charge in [0, 0.05) is 12.6 Å². The minimum Gasteiger partial charge on any atom is -0.370 e. The van der Waals surface area contributed by atoms with Gasteiger partial charge in [-0.3, -0.25) is 0 Å². The van der Waals surface area contributed by atoms with Gasteiger partial charge in [0.1, 0.15) is 10.8 Å². The molecule has 0 amide bonds. The summed E-state index contributed by atoms with van der Waals surface area (Å²) < 4.78 is 37.6. The highest BCUT2D eigenvalue weighted by molar-refractivity contribution is 7.99. The molecular formula is C10H14F3N3S. The highest BCUT2D eigenvalue weighted by Crippen LogP contribution is 2.29. The van der Waals surface area contributed by atoms with E-state index in [1.165, 1.54) is 11.8 Å². The molecule has 0 bridgehead atoms. The van der Waals surface area contributed by atoms with Gasteiger partial charge in [0.05, 0.1) is 0 Å². The van der Waals surface area contributed by atoms with Crippen LogP contribution in [0.1, 0.15) is 26.1 Å². The van der Waals surface area contributed by atoms with Crippen LogP contribution in [-0.4, -0.2) is 22.3 Å². The Hall–Kier alpha value is -0.980. The van der Waals surface area contributed by atoms with E-state index in [0.29, 0.717) is 17.3 Å². The first-order valence-electron chi connectivity index (χ1n) is 5.30. The zero-order valence-corrected chi connectivity index (χ0v) is 10.5. The number of anilines is 1. The number of halogens is 3. The molecule has 0 unspecified atom stereocenters. The van der Waals surface area contributed by atoms with Gasteiger partial charge in [0.25, 0.3) is 0 Å². The van der Waals surface area contributed by atoms with Gasteiger partial charge in [0.2, 0.25) is 5.82 Å². The average Bonchev–Trinajstić information content (AvgIpc) is 2.25. The molecule has 3 nitrogen and oxygen atoms in total. The molecule has 1 heterocycles. The van der Waals surface area contributed by atoms with Crippen molar-refractivity contribution in [1.82, 2.24) is 9.97 Å². The molecule has 96 valence electrons. The van der Waals surface area contributed by atoms with Crippen molar-refractivity contribution in [2.45, 2.75) is 31.5 Å². The molecule has 0 aliphatic carbocycles. The molecule has 0 saturated carbocycles. The summed E-state index contributed by atoms with van der Waals surface area (Å²) in [5.41, 5.74) is 0. The van der Waals surface area contributed by atoms with Crippen LogP contribution in [0, 0.1) is 0 Å².